The van der Waals surface area contributed by atoms with Gasteiger partial charge in [0.25, 0.3) is 0 Å². The Kier molecular flexibility index (Phi) is 0.477. The number of carbonyl (C=O) groups excluding carboxylic acids is 1. The molecule has 0 aromatic heterocycles. The molecule has 0 radical (unpaired) electrons. The molecule has 0 aromatic carbocycles. The van der Waals surface area contributed by atoms with Crippen molar-refractivity contribution in [3.63, 3.8) is 0 Å². The normalized spacial score (nSPS) is 93.6. The summed E-state index contributed by atoms with van der Waals surface area (Å²) in [5, 5.41) is 9.74. The Bertz CT molecular complexity index is 1090. The van der Waals surface area contributed by atoms with Gasteiger partial charge in [-0.2, -0.15) is 0 Å². The molecule has 6 unspecified atom stereocenters. The van der Waals surface area contributed by atoms with Gasteiger partial charge in [0.15, 0.2) is 0 Å². The summed E-state index contributed by atoms with van der Waals surface area (Å²) in [7, 11) is 0. The fourth-order valence-corrected chi connectivity index (χ4v) is 93.2. The molecule has 0 saturated carbocycles. The zero-order valence-corrected chi connectivity index (χ0v) is 14.4. The SMILES string of the molecule is CCC(C)OC(=O)C(C[C]12[CH]3[CH]4[CH]5[CH]1[Fe]45321678[CH]2[CH]1[CH]6[CH]7[CH]28)C(=O)O. The molecule has 23 heavy (non-hydrogen) atoms. The van der Waals surface area contributed by atoms with E-state index in [9.17, 15) is 14.7 Å². The van der Waals surface area contributed by atoms with Gasteiger partial charge in [0.05, 0.1) is 0 Å². The zero-order valence-electron chi connectivity index (χ0n) is 13.3. The first-order valence-corrected chi connectivity index (χ1v) is 15.7. The molecule has 6 atom stereocenters. The summed E-state index contributed by atoms with van der Waals surface area (Å²) < 4.78 is 5.93. The summed E-state index contributed by atoms with van der Waals surface area (Å²) in [6.45, 7) is 0.557. The number of carboxylic acid groups (broad SMARTS) is 1. The summed E-state index contributed by atoms with van der Waals surface area (Å²) in [5.74, 6) is -2.24. The maximum atomic E-state index is 12.5. The molecule has 5 heteroatoms. The molecule has 0 bridgehead atoms. The fourth-order valence-electron chi connectivity index (χ4n) is 18.2. The summed E-state index contributed by atoms with van der Waals surface area (Å²) in [4.78, 5) is 34.8. The number of carbonyl (C=O) groups is 2. The second-order valence-corrected chi connectivity index (χ2v) is 36.3. The molecule has 0 aromatic rings. The van der Waals surface area contributed by atoms with Crippen molar-refractivity contribution < 1.29 is 25.9 Å². The molecule has 10 rings (SSSR count). The Morgan fingerprint density at radius 3 is 1.91 bits per heavy atom. The van der Waals surface area contributed by atoms with Crippen molar-refractivity contribution in [1.82, 2.24) is 0 Å². The second-order valence-electron chi connectivity index (χ2n) is 12.6. The van der Waals surface area contributed by atoms with Crippen molar-refractivity contribution in [3.05, 3.63) is 0 Å². The molecular formula is C18H22FeO4. The number of esters is 1. The van der Waals surface area contributed by atoms with Crippen LogP contribution in [0.1, 0.15) is 26.7 Å². The number of carboxylic acids is 1. The van der Waals surface area contributed by atoms with E-state index in [4.69, 9.17) is 4.74 Å². The van der Waals surface area contributed by atoms with Crippen LogP contribution < -0.4 is 0 Å². The van der Waals surface area contributed by atoms with Crippen LogP contribution in [-0.4, -0.2) is 23.1 Å². The van der Waals surface area contributed by atoms with E-state index in [1.807, 2.05) is 13.8 Å². The van der Waals surface area contributed by atoms with Crippen molar-refractivity contribution in [2.75, 3.05) is 0 Å². The number of hydrogen-bond acceptors (Lipinski definition) is 3. The number of ether oxygens (including phenoxy) is 1. The third-order valence-corrected chi connectivity index (χ3v) is 60.0. The van der Waals surface area contributed by atoms with Gasteiger partial charge < -0.3 is 0 Å². The van der Waals surface area contributed by atoms with E-state index in [1.54, 1.807) is 0 Å². The Labute approximate surface area is 124 Å². The third kappa shape index (κ3) is 0.152. The van der Waals surface area contributed by atoms with Crippen molar-refractivity contribution in [2.45, 2.75) is 80.5 Å². The fraction of sp³-hybridized carbons (Fsp3) is 0.889. The Balaban J connectivity index is 1.14. The molecule has 10 fully saturated rings. The summed E-state index contributed by atoms with van der Waals surface area (Å²) in [5.41, 5.74) is 0. The van der Waals surface area contributed by atoms with E-state index in [1.165, 1.54) is 33.7 Å². The number of fused-ring (bicyclic) bond motifs is 10. The van der Waals surface area contributed by atoms with E-state index in [0.29, 0.717) is 10.7 Å². The molecule has 1 spiro atoms. The monoisotopic (exact) mass is 358 g/mol. The van der Waals surface area contributed by atoms with Gasteiger partial charge in [-0.15, -0.1) is 0 Å². The van der Waals surface area contributed by atoms with Crippen LogP contribution in [0, 0.1) is 5.92 Å². The number of aliphatic carboxylic acids is 1. The molecule has 10 aliphatic rings. The molecule has 1 N–H and O–H groups in total. The van der Waals surface area contributed by atoms with Gasteiger partial charge in [0.1, 0.15) is 0 Å². The van der Waals surface area contributed by atoms with E-state index >= 15 is 0 Å². The predicted octanol–water partition coefficient (Wildman–Crippen LogP) is 4.18. The van der Waals surface area contributed by atoms with Crippen molar-refractivity contribution >= 4 is 11.9 Å². The molecular weight excluding hydrogens is 336 g/mol. The van der Waals surface area contributed by atoms with Crippen LogP contribution in [0.3, 0.4) is 0 Å². The van der Waals surface area contributed by atoms with Gasteiger partial charge in [-0.1, -0.05) is 0 Å². The molecule has 0 amide bonds. The Morgan fingerprint density at radius 2 is 1.61 bits per heavy atom. The van der Waals surface area contributed by atoms with Crippen LogP contribution in [0.2, 0.25) is 47.7 Å². The van der Waals surface area contributed by atoms with Gasteiger partial charge in [0, 0.05) is 0 Å². The standard InChI is InChI=1S/C13H17O4.C5H5.Fe/c1-3-9(2)17-13(16)11(12(14)15)8-10-6-4-5-7-10;1-2-4-5-3-1;/h4-7,9,11H,3,8H2,1-2H3,(H,14,15);1-5H;. The zero-order chi connectivity index (χ0) is 15.4. The van der Waals surface area contributed by atoms with Gasteiger partial charge in [0.2, 0.25) is 0 Å². The topological polar surface area (TPSA) is 63.6 Å². The summed E-state index contributed by atoms with van der Waals surface area (Å²) in [6, 6.07) is 0. The van der Waals surface area contributed by atoms with E-state index in [2.05, 4.69) is 0 Å². The Hall–Kier alpha value is -0.541. The van der Waals surface area contributed by atoms with Crippen LogP contribution in [-0.2, 0) is 20.8 Å². The minimum atomic E-state index is -3.28. The second kappa shape index (κ2) is 1.05. The third-order valence-electron chi connectivity index (χ3n) is 17.0. The minimum absolute atomic E-state index is 0.166. The number of hydrogen-bond donors (Lipinski definition) is 1. The van der Waals surface area contributed by atoms with Crippen LogP contribution >= 0.6 is 0 Å². The van der Waals surface area contributed by atoms with E-state index < -0.39 is 24.4 Å². The molecule has 4 nitrogen and oxygen atoms in total. The number of rotatable bonds is 6. The maximum absolute atomic E-state index is 12.5. The summed E-state index contributed by atoms with van der Waals surface area (Å²) in [6.07, 6.45) is 1.28. The molecule has 10 heterocycles. The molecule has 10 aliphatic heterocycles. The van der Waals surface area contributed by atoms with Crippen molar-refractivity contribution in [1.29, 1.82) is 0 Å². The first kappa shape index (κ1) is 10.5. The Morgan fingerprint density at radius 1 is 1.09 bits per heavy atom. The average molecular weight is 358 g/mol. The van der Waals surface area contributed by atoms with Gasteiger partial charge in [-0.05, 0) is 0 Å². The average Bonchev–Trinajstić information content (AvgIpc) is 3.45. The van der Waals surface area contributed by atoms with Crippen LogP contribution in [0.5, 0.6) is 0 Å². The molecule has 0 aliphatic carbocycles. The van der Waals surface area contributed by atoms with E-state index in [0.717, 1.165) is 16.1 Å². The predicted molar refractivity (Wildman–Crippen MR) is 78.0 cm³/mol. The van der Waals surface area contributed by atoms with E-state index in [-0.39, 0.29) is 6.10 Å². The summed E-state index contributed by atoms with van der Waals surface area (Å²) >= 11 is 0. The molecule has 126 valence electrons. The first-order chi connectivity index (χ1) is 10.7. The van der Waals surface area contributed by atoms with Crippen LogP contribution in [0.4, 0.5) is 0 Å². The quantitative estimate of drug-likeness (QED) is 0.440. The van der Waals surface area contributed by atoms with Gasteiger partial charge >= 0.3 is 124 Å². The van der Waals surface area contributed by atoms with Crippen molar-refractivity contribution in [2.24, 2.45) is 5.92 Å². The van der Waals surface area contributed by atoms with Crippen LogP contribution in [0.15, 0.2) is 0 Å². The van der Waals surface area contributed by atoms with Gasteiger partial charge in [-0.25, -0.2) is 0 Å². The van der Waals surface area contributed by atoms with Gasteiger partial charge in [-0.3, -0.25) is 0 Å². The van der Waals surface area contributed by atoms with Crippen molar-refractivity contribution in [3.8, 4) is 0 Å². The van der Waals surface area contributed by atoms with Crippen LogP contribution in [0.25, 0.3) is 0 Å². The first-order valence-electron chi connectivity index (χ1n) is 9.36. The molecule has 10 saturated heterocycles.